The topological polar surface area (TPSA) is 55.1 Å². The standard InChI is InChI=1S/C24H19ClN2O2/c1-15-3-7-18(13-16(15)2)24-27-21-14-20(10-11-22(21)29-24)26-23(28)12-6-17-4-8-19(25)9-5-17/h3-14H,1-2H3,(H,26,28). The Morgan fingerprint density at radius 3 is 2.55 bits per heavy atom. The van der Waals surface area contributed by atoms with E-state index in [1.807, 2.05) is 24.3 Å². The number of benzene rings is 3. The maximum Gasteiger partial charge on any atom is 0.248 e. The number of nitrogens with one attached hydrogen (secondary N) is 1. The Kier molecular flexibility index (Phi) is 5.19. The molecule has 1 heterocycles. The van der Waals surface area contributed by atoms with Crippen LogP contribution in [0.1, 0.15) is 16.7 Å². The maximum absolute atomic E-state index is 12.2. The first-order chi connectivity index (χ1) is 14.0. The SMILES string of the molecule is Cc1ccc(-c2nc3cc(NC(=O)C=Cc4ccc(Cl)cc4)ccc3o2)cc1C. The van der Waals surface area contributed by atoms with Crippen molar-refractivity contribution in [3.63, 3.8) is 0 Å². The second-order valence-corrected chi connectivity index (χ2v) is 7.31. The van der Waals surface area contributed by atoms with Gasteiger partial charge in [-0.2, -0.15) is 0 Å². The molecule has 0 saturated carbocycles. The molecule has 4 nitrogen and oxygen atoms in total. The summed E-state index contributed by atoms with van der Waals surface area (Å²) in [6, 6.07) is 18.8. The zero-order valence-corrected chi connectivity index (χ0v) is 16.8. The van der Waals surface area contributed by atoms with E-state index in [0.29, 0.717) is 27.7 Å². The van der Waals surface area contributed by atoms with Gasteiger partial charge in [0.05, 0.1) is 0 Å². The van der Waals surface area contributed by atoms with Gasteiger partial charge in [0.1, 0.15) is 5.52 Å². The molecule has 0 aliphatic carbocycles. The number of amides is 1. The third-order valence-electron chi connectivity index (χ3n) is 4.71. The Hall–Kier alpha value is -3.37. The van der Waals surface area contributed by atoms with Gasteiger partial charge in [0.25, 0.3) is 0 Å². The highest BCUT2D eigenvalue weighted by Gasteiger charge is 2.10. The summed E-state index contributed by atoms with van der Waals surface area (Å²) in [5.41, 5.74) is 6.26. The number of halogens is 1. The molecule has 0 unspecified atom stereocenters. The van der Waals surface area contributed by atoms with Gasteiger partial charge in [0, 0.05) is 22.3 Å². The number of nitrogens with zero attached hydrogens (tertiary/aromatic N) is 1. The van der Waals surface area contributed by atoms with Crippen LogP contribution in [0.25, 0.3) is 28.6 Å². The minimum atomic E-state index is -0.225. The van der Waals surface area contributed by atoms with E-state index in [9.17, 15) is 4.79 Å². The molecule has 1 N–H and O–H groups in total. The zero-order valence-electron chi connectivity index (χ0n) is 16.1. The van der Waals surface area contributed by atoms with Gasteiger partial charge in [0.15, 0.2) is 5.58 Å². The van der Waals surface area contributed by atoms with Crippen molar-refractivity contribution in [1.29, 1.82) is 0 Å². The summed E-state index contributed by atoms with van der Waals surface area (Å²) in [6.07, 6.45) is 3.22. The van der Waals surface area contributed by atoms with Crippen molar-refractivity contribution >= 4 is 40.4 Å². The second-order valence-electron chi connectivity index (χ2n) is 6.87. The molecule has 144 valence electrons. The molecule has 0 radical (unpaired) electrons. The molecule has 0 bridgehead atoms. The third-order valence-corrected chi connectivity index (χ3v) is 4.96. The molecule has 4 aromatic rings. The molecule has 3 aromatic carbocycles. The summed E-state index contributed by atoms with van der Waals surface area (Å²) >= 11 is 5.87. The summed E-state index contributed by atoms with van der Waals surface area (Å²) in [5.74, 6) is 0.339. The van der Waals surface area contributed by atoms with Gasteiger partial charge in [-0.05, 0) is 79.1 Å². The Bertz CT molecular complexity index is 1220. The summed E-state index contributed by atoms with van der Waals surface area (Å²) in [7, 11) is 0. The van der Waals surface area contributed by atoms with E-state index in [4.69, 9.17) is 16.0 Å². The molecule has 1 aromatic heterocycles. The molecule has 0 atom stereocenters. The molecular weight excluding hydrogens is 384 g/mol. The lowest BCUT2D eigenvalue weighted by Crippen LogP contribution is -2.07. The lowest BCUT2D eigenvalue weighted by Gasteiger charge is -2.01. The van der Waals surface area contributed by atoms with E-state index in [-0.39, 0.29) is 5.91 Å². The van der Waals surface area contributed by atoms with E-state index < -0.39 is 0 Å². The fourth-order valence-electron chi connectivity index (χ4n) is 2.93. The van der Waals surface area contributed by atoms with E-state index in [1.54, 1.807) is 30.3 Å². The number of aromatic nitrogens is 1. The molecule has 5 heteroatoms. The molecule has 1 amide bonds. The Morgan fingerprint density at radius 1 is 1.00 bits per heavy atom. The van der Waals surface area contributed by atoms with Crippen LogP contribution in [-0.2, 0) is 4.79 Å². The van der Waals surface area contributed by atoms with Crippen LogP contribution < -0.4 is 5.32 Å². The minimum Gasteiger partial charge on any atom is -0.436 e. The average molecular weight is 403 g/mol. The number of hydrogen-bond acceptors (Lipinski definition) is 3. The van der Waals surface area contributed by atoms with Crippen LogP contribution in [0, 0.1) is 13.8 Å². The van der Waals surface area contributed by atoms with Gasteiger partial charge in [-0.1, -0.05) is 29.8 Å². The first kappa shape index (κ1) is 19.0. The molecule has 0 saturated heterocycles. The maximum atomic E-state index is 12.2. The van der Waals surface area contributed by atoms with Gasteiger partial charge in [-0.3, -0.25) is 4.79 Å². The minimum absolute atomic E-state index is 0.225. The van der Waals surface area contributed by atoms with E-state index in [2.05, 4.69) is 36.3 Å². The number of hydrogen-bond donors (Lipinski definition) is 1. The molecule has 0 aliphatic rings. The molecule has 0 spiro atoms. The Morgan fingerprint density at radius 2 is 1.79 bits per heavy atom. The van der Waals surface area contributed by atoms with E-state index >= 15 is 0 Å². The quantitative estimate of drug-likeness (QED) is 0.401. The summed E-state index contributed by atoms with van der Waals surface area (Å²) < 4.78 is 5.88. The first-order valence-electron chi connectivity index (χ1n) is 9.21. The summed E-state index contributed by atoms with van der Waals surface area (Å²) in [4.78, 5) is 16.8. The van der Waals surface area contributed by atoms with Gasteiger partial charge in [-0.15, -0.1) is 0 Å². The Balaban J connectivity index is 1.52. The van der Waals surface area contributed by atoms with Crippen LogP contribution in [0.3, 0.4) is 0 Å². The smallest absolute Gasteiger partial charge is 0.248 e. The van der Waals surface area contributed by atoms with Crippen molar-refractivity contribution in [2.45, 2.75) is 13.8 Å². The largest absolute Gasteiger partial charge is 0.436 e. The number of anilines is 1. The summed E-state index contributed by atoms with van der Waals surface area (Å²) in [5, 5.41) is 3.51. The Labute approximate surface area is 173 Å². The van der Waals surface area contributed by atoms with Gasteiger partial charge in [-0.25, -0.2) is 4.98 Å². The van der Waals surface area contributed by atoms with Crippen molar-refractivity contribution in [1.82, 2.24) is 4.98 Å². The third kappa shape index (κ3) is 4.39. The molecule has 29 heavy (non-hydrogen) atoms. The van der Waals surface area contributed by atoms with Crippen LogP contribution in [0.15, 0.2) is 71.2 Å². The van der Waals surface area contributed by atoms with E-state index in [1.165, 1.54) is 17.2 Å². The molecule has 0 aliphatic heterocycles. The number of carbonyl (C=O) groups excluding carboxylic acids is 1. The van der Waals surface area contributed by atoms with E-state index in [0.717, 1.165) is 11.1 Å². The number of fused-ring (bicyclic) bond motifs is 1. The number of oxazole rings is 1. The highest BCUT2D eigenvalue weighted by atomic mass is 35.5. The molecule has 0 fully saturated rings. The van der Waals surface area contributed by atoms with Crippen LogP contribution in [0.5, 0.6) is 0 Å². The van der Waals surface area contributed by atoms with Crippen molar-refractivity contribution in [2.24, 2.45) is 0 Å². The van der Waals surface area contributed by atoms with Crippen molar-refractivity contribution in [3.05, 3.63) is 88.5 Å². The lowest BCUT2D eigenvalue weighted by atomic mass is 10.1. The van der Waals surface area contributed by atoms with Crippen molar-refractivity contribution in [2.75, 3.05) is 5.32 Å². The van der Waals surface area contributed by atoms with Gasteiger partial charge < -0.3 is 9.73 Å². The predicted octanol–water partition coefficient (Wildman–Crippen LogP) is 6.42. The fourth-order valence-corrected chi connectivity index (χ4v) is 3.06. The average Bonchev–Trinajstić information content (AvgIpc) is 3.13. The van der Waals surface area contributed by atoms with Crippen LogP contribution >= 0.6 is 11.6 Å². The van der Waals surface area contributed by atoms with Crippen molar-refractivity contribution < 1.29 is 9.21 Å². The van der Waals surface area contributed by atoms with Crippen LogP contribution in [0.4, 0.5) is 5.69 Å². The number of carbonyl (C=O) groups is 1. The van der Waals surface area contributed by atoms with Crippen LogP contribution in [-0.4, -0.2) is 10.9 Å². The molecular formula is C24H19ClN2O2. The second kappa shape index (κ2) is 7.94. The number of rotatable bonds is 4. The predicted molar refractivity (Wildman–Crippen MR) is 118 cm³/mol. The van der Waals surface area contributed by atoms with Crippen molar-refractivity contribution in [3.8, 4) is 11.5 Å². The number of aryl methyl sites for hydroxylation is 2. The highest BCUT2D eigenvalue weighted by Crippen LogP contribution is 2.27. The zero-order chi connectivity index (χ0) is 20.4. The monoisotopic (exact) mass is 402 g/mol. The van der Waals surface area contributed by atoms with Gasteiger partial charge >= 0.3 is 0 Å². The first-order valence-corrected chi connectivity index (χ1v) is 9.58. The lowest BCUT2D eigenvalue weighted by molar-refractivity contribution is -0.111. The van der Waals surface area contributed by atoms with Crippen LogP contribution in [0.2, 0.25) is 5.02 Å². The molecule has 4 rings (SSSR count). The fraction of sp³-hybridized carbons (Fsp3) is 0.0833. The summed E-state index contributed by atoms with van der Waals surface area (Å²) in [6.45, 7) is 4.13. The highest BCUT2D eigenvalue weighted by molar-refractivity contribution is 6.30. The van der Waals surface area contributed by atoms with Gasteiger partial charge in [0.2, 0.25) is 11.8 Å². The normalized spacial score (nSPS) is 11.3.